The first kappa shape index (κ1) is 21.0. The monoisotopic (exact) mass is 381 g/mol. The molecule has 148 valence electrons. The number of nitrogens with two attached hydrogens (primary N) is 1. The normalized spacial score (nSPS) is 18.8. The average Bonchev–Trinajstić information content (AvgIpc) is 3.22. The van der Waals surface area contributed by atoms with Crippen molar-refractivity contribution in [1.82, 2.24) is 25.0 Å². The topological polar surface area (TPSA) is 84.4 Å². The molecule has 1 saturated heterocycles. The maximum Gasteiger partial charge on any atom is 0.190 e. The maximum atomic E-state index is 6.02. The molecule has 1 aromatic heterocycles. The van der Waals surface area contributed by atoms with E-state index in [1.165, 1.54) is 19.4 Å². The van der Waals surface area contributed by atoms with E-state index in [9.17, 15) is 0 Å². The van der Waals surface area contributed by atoms with Gasteiger partial charge in [-0.05, 0) is 44.5 Å². The van der Waals surface area contributed by atoms with Gasteiger partial charge in [0, 0.05) is 25.6 Å². The summed E-state index contributed by atoms with van der Waals surface area (Å²) in [6.07, 6.45) is 6.41. The van der Waals surface area contributed by atoms with E-state index in [1.807, 2.05) is 6.26 Å². The van der Waals surface area contributed by atoms with Gasteiger partial charge >= 0.3 is 0 Å². The maximum absolute atomic E-state index is 6.02. The SMILES string of the molecule is CCN1CCCC1CN=C(N)NCCCc1nnc(SC)n1CC(C)C. The van der Waals surface area contributed by atoms with Crippen LogP contribution in [0.15, 0.2) is 10.1 Å². The van der Waals surface area contributed by atoms with Gasteiger partial charge in [-0.25, -0.2) is 0 Å². The fraction of sp³-hybridized carbons (Fsp3) is 0.833. The first-order valence-electron chi connectivity index (χ1n) is 9.79. The van der Waals surface area contributed by atoms with E-state index in [0.29, 0.717) is 17.9 Å². The highest BCUT2D eigenvalue weighted by Gasteiger charge is 2.22. The average molecular weight is 382 g/mol. The second kappa shape index (κ2) is 10.8. The highest BCUT2D eigenvalue weighted by atomic mass is 32.2. The summed E-state index contributed by atoms with van der Waals surface area (Å²) in [5, 5.41) is 12.9. The molecule has 0 amide bonds. The van der Waals surface area contributed by atoms with Crippen LogP contribution in [0.2, 0.25) is 0 Å². The molecule has 0 aliphatic carbocycles. The van der Waals surface area contributed by atoms with Crippen LogP contribution in [-0.2, 0) is 13.0 Å². The van der Waals surface area contributed by atoms with Gasteiger partial charge in [-0.2, -0.15) is 0 Å². The molecule has 7 nitrogen and oxygen atoms in total. The Morgan fingerprint density at radius 1 is 1.42 bits per heavy atom. The Morgan fingerprint density at radius 3 is 2.92 bits per heavy atom. The van der Waals surface area contributed by atoms with Gasteiger partial charge in [-0.3, -0.25) is 9.89 Å². The minimum atomic E-state index is 0.555. The van der Waals surface area contributed by atoms with E-state index in [1.54, 1.807) is 11.8 Å². The zero-order valence-electron chi connectivity index (χ0n) is 16.7. The third kappa shape index (κ3) is 6.16. The summed E-state index contributed by atoms with van der Waals surface area (Å²) in [5.74, 6) is 2.20. The number of guanidine groups is 1. The second-order valence-corrected chi connectivity index (χ2v) is 8.06. The van der Waals surface area contributed by atoms with Crippen LogP contribution in [-0.4, -0.2) is 64.1 Å². The van der Waals surface area contributed by atoms with Gasteiger partial charge < -0.3 is 15.6 Å². The van der Waals surface area contributed by atoms with E-state index >= 15 is 0 Å². The van der Waals surface area contributed by atoms with Crippen LogP contribution in [0.25, 0.3) is 0 Å². The summed E-state index contributed by atoms with van der Waals surface area (Å²) in [7, 11) is 0. The van der Waals surface area contributed by atoms with Crippen molar-refractivity contribution < 1.29 is 0 Å². The Labute approximate surface area is 162 Å². The Morgan fingerprint density at radius 2 is 2.23 bits per heavy atom. The van der Waals surface area contributed by atoms with Crippen molar-refractivity contribution in [3.05, 3.63) is 5.82 Å². The number of aromatic nitrogens is 3. The van der Waals surface area contributed by atoms with Crippen LogP contribution in [0.3, 0.4) is 0 Å². The van der Waals surface area contributed by atoms with Crippen LogP contribution in [0, 0.1) is 5.92 Å². The van der Waals surface area contributed by atoms with Crippen molar-refractivity contribution in [3.63, 3.8) is 0 Å². The number of nitrogens with one attached hydrogen (secondary N) is 1. The number of hydrogen-bond donors (Lipinski definition) is 2. The number of aliphatic imine (C=N–C) groups is 1. The van der Waals surface area contributed by atoms with Gasteiger partial charge in [-0.1, -0.05) is 32.5 Å². The number of nitrogens with zero attached hydrogens (tertiary/aromatic N) is 5. The molecular formula is C18H35N7S. The number of rotatable bonds is 10. The molecule has 2 rings (SSSR count). The molecule has 0 radical (unpaired) electrons. The Hall–Kier alpha value is -1.28. The quantitative estimate of drug-likeness (QED) is 0.279. The lowest BCUT2D eigenvalue weighted by Crippen LogP contribution is -2.36. The van der Waals surface area contributed by atoms with E-state index in [2.05, 4.69) is 50.7 Å². The van der Waals surface area contributed by atoms with Gasteiger partial charge in [0.05, 0.1) is 6.54 Å². The van der Waals surface area contributed by atoms with Crippen LogP contribution < -0.4 is 11.1 Å². The van der Waals surface area contributed by atoms with Crippen molar-refractivity contribution in [2.45, 2.75) is 64.2 Å². The predicted molar refractivity (Wildman–Crippen MR) is 110 cm³/mol. The van der Waals surface area contributed by atoms with Crippen molar-refractivity contribution in [2.75, 3.05) is 32.4 Å². The highest BCUT2D eigenvalue weighted by molar-refractivity contribution is 7.98. The Bertz CT molecular complexity index is 570. The molecule has 26 heavy (non-hydrogen) atoms. The zero-order chi connectivity index (χ0) is 18.9. The summed E-state index contributed by atoms with van der Waals surface area (Å²) in [6, 6.07) is 0.555. The molecule has 1 aliphatic heterocycles. The largest absolute Gasteiger partial charge is 0.370 e. The lowest BCUT2D eigenvalue weighted by Gasteiger charge is -2.20. The molecule has 0 aromatic carbocycles. The van der Waals surface area contributed by atoms with Crippen LogP contribution in [0.1, 0.15) is 45.9 Å². The molecule has 1 fully saturated rings. The van der Waals surface area contributed by atoms with E-state index < -0.39 is 0 Å². The highest BCUT2D eigenvalue weighted by Crippen LogP contribution is 2.17. The van der Waals surface area contributed by atoms with Gasteiger partial charge in [0.15, 0.2) is 11.1 Å². The molecule has 0 spiro atoms. The minimum Gasteiger partial charge on any atom is -0.370 e. The standard InChI is InChI=1S/C18H35N7S/c1-5-24-11-7-8-15(24)12-21-17(19)20-10-6-9-16-22-23-18(26-4)25(16)13-14(2)3/h14-15H,5-13H2,1-4H3,(H3,19,20,21). The van der Waals surface area contributed by atoms with E-state index in [-0.39, 0.29) is 0 Å². The lowest BCUT2D eigenvalue weighted by molar-refractivity contribution is 0.273. The number of likely N-dealkylation sites (N-methyl/N-ethyl adjacent to an activating group) is 1. The molecule has 1 aromatic rings. The smallest absolute Gasteiger partial charge is 0.190 e. The van der Waals surface area contributed by atoms with Gasteiger partial charge in [0.1, 0.15) is 5.82 Å². The predicted octanol–water partition coefficient (Wildman–Crippen LogP) is 1.98. The molecule has 1 unspecified atom stereocenters. The molecule has 0 saturated carbocycles. The number of likely N-dealkylation sites (tertiary alicyclic amines) is 1. The molecule has 1 aliphatic rings. The molecular weight excluding hydrogens is 346 g/mol. The van der Waals surface area contributed by atoms with Crippen LogP contribution in [0.5, 0.6) is 0 Å². The van der Waals surface area contributed by atoms with Gasteiger partial charge in [0.25, 0.3) is 0 Å². The van der Waals surface area contributed by atoms with Gasteiger partial charge in [0.2, 0.25) is 0 Å². The third-order valence-electron chi connectivity index (χ3n) is 4.78. The molecule has 0 bridgehead atoms. The summed E-state index contributed by atoms with van der Waals surface area (Å²) in [6.45, 7) is 11.5. The molecule has 2 heterocycles. The Balaban J connectivity index is 1.74. The summed E-state index contributed by atoms with van der Waals surface area (Å²) in [5.41, 5.74) is 6.02. The van der Waals surface area contributed by atoms with Crippen LogP contribution in [0.4, 0.5) is 0 Å². The lowest BCUT2D eigenvalue weighted by atomic mass is 10.2. The molecule has 1 atom stereocenters. The van der Waals surface area contributed by atoms with Gasteiger partial charge in [-0.15, -0.1) is 10.2 Å². The van der Waals surface area contributed by atoms with E-state index in [0.717, 1.165) is 50.0 Å². The summed E-state index contributed by atoms with van der Waals surface area (Å²) >= 11 is 1.65. The fourth-order valence-electron chi connectivity index (χ4n) is 3.44. The van der Waals surface area contributed by atoms with Crippen molar-refractivity contribution in [1.29, 1.82) is 0 Å². The number of thioether (sulfide) groups is 1. The van der Waals surface area contributed by atoms with Crippen molar-refractivity contribution in [3.8, 4) is 0 Å². The van der Waals surface area contributed by atoms with E-state index in [4.69, 9.17) is 5.73 Å². The second-order valence-electron chi connectivity index (χ2n) is 7.29. The van der Waals surface area contributed by atoms with Crippen LogP contribution >= 0.6 is 11.8 Å². The summed E-state index contributed by atoms with van der Waals surface area (Å²) < 4.78 is 2.24. The van der Waals surface area contributed by atoms with Crippen molar-refractivity contribution >= 4 is 17.7 Å². The first-order valence-corrected chi connectivity index (χ1v) is 11.0. The molecule has 3 N–H and O–H groups in total. The minimum absolute atomic E-state index is 0.555. The number of aryl methyl sites for hydroxylation is 1. The Kier molecular flexibility index (Phi) is 8.71. The summed E-state index contributed by atoms with van der Waals surface area (Å²) in [4.78, 5) is 7.02. The van der Waals surface area contributed by atoms with Crippen molar-refractivity contribution in [2.24, 2.45) is 16.6 Å². The first-order chi connectivity index (χ1) is 12.5. The fourth-order valence-corrected chi connectivity index (χ4v) is 3.97. The number of hydrogen-bond acceptors (Lipinski definition) is 5. The third-order valence-corrected chi connectivity index (χ3v) is 5.45. The zero-order valence-corrected chi connectivity index (χ0v) is 17.6. The molecule has 8 heteroatoms.